The van der Waals surface area contributed by atoms with E-state index in [1.54, 1.807) is 0 Å². The Morgan fingerprint density at radius 1 is 1.28 bits per heavy atom. The van der Waals surface area contributed by atoms with Crippen molar-refractivity contribution in [3.05, 3.63) is 48.4 Å². The Labute approximate surface area is 110 Å². The minimum Gasteiger partial charge on any atom is -0.474 e. The molecule has 0 amide bonds. The topological polar surface area (TPSA) is 12.5 Å². The molecule has 18 heavy (non-hydrogen) atoms. The molecule has 1 unspecified atom stereocenters. The van der Waals surface area contributed by atoms with E-state index in [0.717, 1.165) is 19.0 Å². The molecule has 1 atom stereocenters. The van der Waals surface area contributed by atoms with Gasteiger partial charge in [-0.1, -0.05) is 30.3 Å². The van der Waals surface area contributed by atoms with Crippen molar-refractivity contribution in [3.63, 3.8) is 0 Å². The van der Waals surface area contributed by atoms with Crippen LogP contribution in [0.3, 0.4) is 0 Å². The molecule has 0 spiro atoms. The van der Waals surface area contributed by atoms with Gasteiger partial charge in [-0.15, -0.1) is 0 Å². The summed E-state index contributed by atoms with van der Waals surface area (Å²) in [5.41, 5.74) is 1.26. The summed E-state index contributed by atoms with van der Waals surface area (Å²) in [5, 5.41) is 0. The second-order valence-corrected chi connectivity index (χ2v) is 5.95. The third-order valence-electron chi connectivity index (χ3n) is 3.24. The zero-order valence-electron chi connectivity index (χ0n) is 11.6. The van der Waals surface area contributed by atoms with Gasteiger partial charge in [0.2, 0.25) is 0 Å². The van der Waals surface area contributed by atoms with Crippen molar-refractivity contribution in [2.75, 3.05) is 13.1 Å². The zero-order chi connectivity index (χ0) is 13.2. The van der Waals surface area contributed by atoms with Crippen LogP contribution in [0, 0.1) is 0 Å². The quantitative estimate of drug-likeness (QED) is 0.752. The number of likely N-dealkylation sites (tertiary alicyclic amines) is 1. The van der Waals surface area contributed by atoms with Crippen LogP contribution in [0.1, 0.15) is 38.7 Å². The normalized spacial score (nSPS) is 19.9. The molecule has 2 nitrogen and oxygen atoms in total. The molecule has 0 aromatic heterocycles. The highest BCUT2D eigenvalue weighted by Gasteiger charge is 2.26. The lowest BCUT2D eigenvalue weighted by Crippen LogP contribution is -2.28. The predicted molar refractivity (Wildman–Crippen MR) is 75.4 cm³/mol. The van der Waals surface area contributed by atoms with E-state index in [1.165, 1.54) is 12.0 Å². The van der Waals surface area contributed by atoms with Gasteiger partial charge in [-0.2, -0.15) is 0 Å². The fourth-order valence-electron chi connectivity index (χ4n) is 2.40. The van der Waals surface area contributed by atoms with Crippen LogP contribution in [0.25, 0.3) is 0 Å². The maximum atomic E-state index is 5.84. The van der Waals surface area contributed by atoms with Gasteiger partial charge in [-0.3, -0.25) is 0 Å². The average Bonchev–Trinajstić information content (AvgIpc) is 2.77. The molecule has 0 radical (unpaired) electrons. The van der Waals surface area contributed by atoms with Gasteiger partial charge in [0, 0.05) is 19.0 Å². The van der Waals surface area contributed by atoms with Gasteiger partial charge in [0.15, 0.2) is 5.88 Å². The van der Waals surface area contributed by atoms with Gasteiger partial charge in [0.1, 0.15) is 5.60 Å². The van der Waals surface area contributed by atoms with E-state index in [0.29, 0.717) is 5.92 Å². The Bertz CT molecular complexity index is 405. The molecule has 1 fully saturated rings. The average molecular weight is 245 g/mol. The first kappa shape index (κ1) is 13.0. The highest BCUT2D eigenvalue weighted by molar-refractivity contribution is 5.21. The molecule has 2 rings (SSSR count). The van der Waals surface area contributed by atoms with Gasteiger partial charge in [0.25, 0.3) is 0 Å². The summed E-state index contributed by atoms with van der Waals surface area (Å²) >= 11 is 0. The van der Waals surface area contributed by atoms with Crippen LogP contribution >= 0.6 is 0 Å². The first-order valence-corrected chi connectivity index (χ1v) is 6.63. The second kappa shape index (κ2) is 5.05. The summed E-state index contributed by atoms with van der Waals surface area (Å²) in [6, 6.07) is 10.7. The van der Waals surface area contributed by atoms with Gasteiger partial charge in [-0.05, 0) is 39.3 Å². The van der Waals surface area contributed by atoms with Crippen molar-refractivity contribution < 1.29 is 4.74 Å². The van der Waals surface area contributed by atoms with Crippen molar-refractivity contribution in [2.24, 2.45) is 0 Å². The van der Waals surface area contributed by atoms with Crippen molar-refractivity contribution >= 4 is 0 Å². The molecule has 1 aliphatic heterocycles. The maximum absolute atomic E-state index is 5.84. The Hall–Kier alpha value is -1.44. The molecule has 1 saturated heterocycles. The molecule has 1 aromatic rings. The Kier molecular flexibility index (Phi) is 3.65. The van der Waals surface area contributed by atoms with E-state index in [4.69, 9.17) is 4.74 Å². The maximum Gasteiger partial charge on any atom is 0.182 e. The van der Waals surface area contributed by atoms with Crippen LogP contribution in [0.4, 0.5) is 0 Å². The summed E-state index contributed by atoms with van der Waals surface area (Å²) in [4.78, 5) is 2.25. The number of ether oxygens (including phenoxy) is 1. The second-order valence-electron chi connectivity index (χ2n) is 5.95. The van der Waals surface area contributed by atoms with Crippen LogP contribution in [-0.2, 0) is 4.74 Å². The first-order valence-electron chi connectivity index (χ1n) is 6.63. The van der Waals surface area contributed by atoms with Gasteiger partial charge in [-0.25, -0.2) is 0 Å². The predicted octanol–water partition coefficient (Wildman–Crippen LogP) is 3.76. The number of hydrogen-bond donors (Lipinski definition) is 0. The van der Waals surface area contributed by atoms with E-state index in [9.17, 15) is 0 Å². The van der Waals surface area contributed by atoms with Crippen molar-refractivity contribution in [1.82, 2.24) is 4.90 Å². The van der Waals surface area contributed by atoms with Crippen LogP contribution in [-0.4, -0.2) is 23.6 Å². The Balaban J connectivity index is 1.95. The van der Waals surface area contributed by atoms with Gasteiger partial charge >= 0.3 is 0 Å². The van der Waals surface area contributed by atoms with E-state index in [-0.39, 0.29) is 5.60 Å². The van der Waals surface area contributed by atoms with Crippen LogP contribution in [0.2, 0.25) is 0 Å². The summed E-state index contributed by atoms with van der Waals surface area (Å²) in [6.45, 7) is 12.3. The molecule has 2 heteroatoms. The lowest BCUT2D eigenvalue weighted by molar-refractivity contribution is 0.00861. The van der Waals surface area contributed by atoms with Crippen LogP contribution in [0.5, 0.6) is 0 Å². The number of benzene rings is 1. The largest absolute Gasteiger partial charge is 0.474 e. The van der Waals surface area contributed by atoms with Gasteiger partial charge < -0.3 is 9.64 Å². The summed E-state index contributed by atoms with van der Waals surface area (Å²) in [5.74, 6) is 1.41. The molecule has 1 aliphatic rings. The minimum absolute atomic E-state index is 0.165. The lowest BCUT2D eigenvalue weighted by atomic mass is 9.99. The molecule has 98 valence electrons. The summed E-state index contributed by atoms with van der Waals surface area (Å²) in [7, 11) is 0. The van der Waals surface area contributed by atoms with E-state index < -0.39 is 0 Å². The Morgan fingerprint density at radius 3 is 2.56 bits per heavy atom. The first-order chi connectivity index (χ1) is 8.46. The summed E-state index contributed by atoms with van der Waals surface area (Å²) < 4.78 is 5.84. The molecular weight excluding hydrogens is 222 g/mol. The van der Waals surface area contributed by atoms with Crippen molar-refractivity contribution in [3.8, 4) is 0 Å². The van der Waals surface area contributed by atoms with E-state index >= 15 is 0 Å². The number of nitrogens with zero attached hydrogens (tertiary/aromatic N) is 1. The number of rotatable bonds is 3. The molecular formula is C16H23NO. The molecule has 0 aliphatic carbocycles. The minimum atomic E-state index is -0.165. The van der Waals surface area contributed by atoms with Crippen molar-refractivity contribution in [2.45, 2.75) is 38.7 Å². The molecule has 1 aromatic carbocycles. The van der Waals surface area contributed by atoms with E-state index in [1.807, 2.05) is 0 Å². The molecule has 0 saturated carbocycles. The standard InChI is InChI=1S/C16H23NO/c1-13(18-16(2,3)4)17-11-10-15(12-17)14-8-6-5-7-9-14/h5-9,15H,1,10-12H2,2-4H3. The van der Waals surface area contributed by atoms with Crippen LogP contribution < -0.4 is 0 Å². The third kappa shape index (κ3) is 3.28. The molecule has 0 N–H and O–H groups in total. The van der Waals surface area contributed by atoms with Crippen molar-refractivity contribution in [1.29, 1.82) is 0 Å². The lowest BCUT2D eigenvalue weighted by Gasteiger charge is -2.28. The number of hydrogen-bond acceptors (Lipinski definition) is 2. The third-order valence-corrected chi connectivity index (χ3v) is 3.24. The Morgan fingerprint density at radius 2 is 1.94 bits per heavy atom. The highest BCUT2D eigenvalue weighted by atomic mass is 16.5. The van der Waals surface area contributed by atoms with E-state index in [2.05, 4.69) is 62.6 Å². The highest BCUT2D eigenvalue weighted by Crippen LogP contribution is 2.30. The van der Waals surface area contributed by atoms with Gasteiger partial charge in [0.05, 0.1) is 0 Å². The van der Waals surface area contributed by atoms with Crippen LogP contribution in [0.15, 0.2) is 42.8 Å². The molecule has 1 heterocycles. The monoisotopic (exact) mass is 245 g/mol. The fraction of sp³-hybridized carbons (Fsp3) is 0.500. The SMILES string of the molecule is C=C(OC(C)(C)C)N1CCC(c2ccccc2)C1. The fourth-order valence-corrected chi connectivity index (χ4v) is 2.40. The zero-order valence-corrected chi connectivity index (χ0v) is 11.6. The molecule has 0 bridgehead atoms. The smallest absolute Gasteiger partial charge is 0.182 e. The summed E-state index contributed by atoms with van der Waals surface area (Å²) in [6.07, 6.45) is 1.18.